The van der Waals surface area contributed by atoms with Crippen LogP contribution in [0.2, 0.25) is 0 Å². The molecule has 4 heteroatoms. The van der Waals surface area contributed by atoms with E-state index < -0.39 is 4.75 Å². The zero-order valence-corrected chi connectivity index (χ0v) is 18.7. The second kappa shape index (κ2) is 13.1. The van der Waals surface area contributed by atoms with Crippen LogP contribution in [0.5, 0.6) is 0 Å². The first-order valence-corrected chi connectivity index (χ1v) is 9.50. The standard InChI is InChI=1S/C15H31NOS.C2H7N.C2H6/c1-8-9-14(5,6)11-16-12(17)15(7,18)10-13(2,3)4;1-3-2;1-2/h18H,8-11H2,1-7H3,(H,16,17);3H,1-2H3;1-2H3/p+1. The van der Waals surface area contributed by atoms with Crippen LogP contribution in [0.1, 0.15) is 81.6 Å². The Morgan fingerprint density at radius 3 is 1.74 bits per heavy atom. The lowest BCUT2D eigenvalue weighted by Gasteiger charge is -2.32. The number of nitrogens with one attached hydrogen (secondary N) is 1. The van der Waals surface area contributed by atoms with Gasteiger partial charge in [0.05, 0.1) is 18.8 Å². The lowest BCUT2D eigenvalue weighted by atomic mass is 9.84. The van der Waals surface area contributed by atoms with Crippen LogP contribution in [0.15, 0.2) is 0 Å². The quantitative estimate of drug-likeness (QED) is 0.626. The number of quaternary nitrogens is 1. The van der Waals surface area contributed by atoms with Gasteiger partial charge in [-0.15, -0.1) is 0 Å². The van der Waals surface area contributed by atoms with Gasteiger partial charge >= 0.3 is 0 Å². The molecular formula is C19H45N2OS+. The number of amides is 1. The third-order valence-electron chi connectivity index (χ3n) is 3.02. The Morgan fingerprint density at radius 2 is 1.43 bits per heavy atom. The summed E-state index contributed by atoms with van der Waals surface area (Å²) in [5.74, 6) is 0.0462. The summed E-state index contributed by atoms with van der Waals surface area (Å²) in [5.41, 5.74) is 0.267. The van der Waals surface area contributed by atoms with Crippen molar-refractivity contribution in [3.63, 3.8) is 0 Å². The van der Waals surface area contributed by atoms with Gasteiger partial charge in [-0.25, -0.2) is 0 Å². The number of carbonyl (C=O) groups excluding carboxylic acids is 1. The van der Waals surface area contributed by atoms with Crippen LogP contribution >= 0.6 is 12.6 Å². The van der Waals surface area contributed by atoms with E-state index in [-0.39, 0.29) is 16.7 Å². The van der Waals surface area contributed by atoms with E-state index in [0.717, 1.165) is 25.8 Å². The summed E-state index contributed by atoms with van der Waals surface area (Å²) in [6.45, 7) is 19.6. The van der Waals surface area contributed by atoms with Crippen LogP contribution < -0.4 is 10.6 Å². The third-order valence-corrected chi connectivity index (χ3v) is 3.38. The molecule has 0 heterocycles. The Morgan fingerprint density at radius 1 is 1.04 bits per heavy atom. The Labute approximate surface area is 152 Å². The number of hydrogen-bond acceptors (Lipinski definition) is 2. The van der Waals surface area contributed by atoms with Crippen molar-refractivity contribution < 1.29 is 10.1 Å². The van der Waals surface area contributed by atoms with Crippen LogP contribution in [0, 0.1) is 10.8 Å². The zero-order chi connectivity index (χ0) is 19.3. The van der Waals surface area contributed by atoms with E-state index in [9.17, 15) is 4.79 Å². The van der Waals surface area contributed by atoms with Gasteiger partial charge in [-0.2, -0.15) is 12.6 Å². The first-order valence-electron chi connectivity index (χ1n) is 9.06. The van der Waals surface area contributed by atoms with E-state index >= 15 is 0 Å². The van der Waals surface area contributed by atoms with Crippen molar-refractivity contribution in [3.8, 4) is 0 Å². The molecular weight excluding hydrogens is 304 g/mol. The summed E-state index contributed by atoms with van der Waals surface area (Å²) in [6.07, 6.45) is 3.03. The maximum absolute atomic E-state index is 12.2. The van der Waals surface area contributed by atoms with E-state index in [1.54, 1.807) is 0 Å². The van der Waals surface area contributed by atoms with E-state index in [4.69, 9.17) is 0 Å². The van der Waals surface area contributed by atoms with Gasteiger partial charge in [0.15, 0.2) is 0 Å². The number of hydrogen-bond donors (Lipinski definition) is 3. The lowest BCUT2D eigenvalue weighted by molar-refractivity contribution is -0.597. The van der Waals surface area contributed by atoms with Gasteiger partial charge in [0.25, 0.3) is 0 Å². The van der Waals surface area contributed by atoms with Crippen LogP contribution in [-0.4, -0.2) is 31.3 Å². The summed E-state index contributed by atoms with van der Waals surface area (Å²) in [7, 11) is 4.00. The van der Waals surface area contributed by atoms with Crippen molar-refractivity contribution in [2.75, 3.05) is 20.6 Å². The maximum atomic E-state index is 12.2. The van der Waals surface area contributed by atoms with Crippen molar-refractivity contribution in [2.24, 2.45) is 10.8 Å². The van der Waals surface area contributed by atoms with Crippen LogP contribution in [0.25, 0.3) is 0 Å². The summed E-state index contributed by atoms with van der Waals surface area (Å²) in [5, 5.41) is 5.06. The second-order valence-corrected chi connectivity index (χ2v) is 9.17. The maximum Gasteiger partial charge on any atom is 0.235 e. The van der Waals surface area contributed by atoms with Crippen molar-refractivity contribution in [1.29, 1.82) is 0 Å². The largest absolute Gasteiger partial charge is 0.354 e. The van der Waals surface area contributed by atoms with Gasteiger partial charge in [-0.05, 0) is 30.6 Å². The first-order chi connectivity index (χ1) is 10.3. The molecule has 23 heavy (non-hydrogen) atoms. The average Bonchev–Trinajstić information content (AvgIpc) is 2.36. The molecule has 0 saturated heterocycles. The lowest BCUT2D eigenvalue weighted by Crippen LogP contribution is -2.74. The minimum atomic E-state index is -0.597. The van der Waals surface area contributed by atoms with Gasteiger partial charge in [0, 0.05) is 6.54 Å². The summed E-state index contributed by atoms with van der Waals surface area (Å²) >= 11 is 4.54. The topological polar surface area (TPSA) is 45.7 Å². The molecule has 0 aliphatic carbocycles. The molecule has 0 bridgehead atoms. The Bertz CT molecular complexity index is 294. The fourth-order valence-electron chi connectivity index (χ4n) is 2.39. The van der Waals surface area contributed by atoms with E-state index in [1.165, 1.54) is 0 Å². The predicted molar refractivity (Wildman–Crippen MR) is 108 cm³/mol. The molecule has 0 aromatic rings. The molecule has 142 valence electrons. The minimum Gasteiger partial charge on any atom is -0.354 e. The highest BCUT2D eigenvalue weighted by molar-refractivity contribution is 7.82. The van der Waals surface area contributed by atoms with E-state index in [1.807, 2.05) is 40.2 Å². The summed E-state index contributed by atoms with van der Waals surface area (Å²) < 4.78 is -0.597. The van der Waals surface area contributed by atoms with Crippen LogP contribution in [0.3, 0.4) is 0 Å². The number of carbonyl (C=O) groups is 1. The van der Waals surface area contributed by atoms with Gasteiger partial charge < -0.3 is 10.6 Å². The molecule has 0 fully saturated rings. The van der Waals surface area contributed by atoms with Gasteiger partial charge in [-0.3, -0.25) is 4.79 Å². The molecule has 0 aromatic carbocycles. The molecule has 0 radical (unpaired) electrons. The molecule has 1 amide bonds. The van der Waals surface area contributed by atoms with E-state index in [0.29, 0.717) is 0 Å². The van der Waals surface area contributed by atoms with Crippen molar-refractivity contribution in [2.45, 2.75) is 86.3 Å². The highest BCUT2D eigenvalue weighted by atomic mass is 32.1. The second-order valence-electron chi connectivity index (χ2n) is 8.19. The molecule has 0 aliphatic rings. The minimum absolute atomic E-state index is 0.0462. The van der Waals surface area contributed by atoms with Gasteiger partial charge in [0.2, 0.25) is 5.91 Å². The van der Waals surface area contributed by atoms with Gasteiger partial charge in [0.1, 0.15) is 0 Å². The highest BCUT2D eigenvalue weighted by Crippen LogP contribution is 2.32. The number of nitrogens with two attached hydrogens (primary N) is 1. The van der Waals surface area contributed by atoms with E-state index in [2.05, 4.69) is 59.5 Å². The molecule has 3 nitrogen and oxygen atoms in total. The molecule has 1 unspecified atom stereocenters. The summed E-state index contributed by atoms with van der Waals surface area (Å²) in [4.78, 5) is 12.2. The zero-order valence-electron chi connectivity index (χ0n) is 17.8. The summed E-state index contributed by atoms with van der Waals surface area (Å²) in [6, 6.07) is 0. The van der Waals surface area contributed by atoms with Crippen molar-refractivity contribution >= 4 is 18.5 Å². The highest BCUT2D eigenvalue weighted by Gasteiger charge is 2.34. The predicted octanol–water partition coefficient (Wildman–Crippen LogP) is 3.89. The third kappa shape index (κ3) is 18.0. The molecule has 0 spiro atoms. The smallest absolute Gasteiger partial charge is 0.235 e. The first kappa shape index (κ1) is 27.6. The molecule has 0 aliphatic heterocycles. The molecule has 3 N–H and O–H groups in total. The SMILES string of the molecule is CC.CCCC(C)(C)CNC(=O)C(C)(S)CC(C)(C)C.C[NH2+]C. The molecule has 0 aromatic heterocycles. The fourth-order valence-corrected chi connectivity index (χ4v) is 2.94. The monoisotopic (exact) mass is 349 g/mol. The van der Waals surface area contributed by atoms with Crippen LogP contribution in [0.4, 0.5) is 0 Å². The molecule has 0 saturated carbocycles. The van der Waals surface area contributed by atoms with Crippen molar-refractivity contribution in [1.82, 2.24) is 5.32 Å². The van der Waals surface area contributed by atoms with Gasteiger partial charge in [-0.1, -0.05) is 61.8 Å². The average molecular weight is 350 g/mol. The van der Waals surface area contributed by atoms with Crippen LogP contribution in [-0.2, 0) is 4.79 Å². The Hall–Kier alpha value is -0.220. The number of rotatable bonds is 6. The fraction of sp³-hybridized carbons (Fsp3) is 0.947. The Balaban J connectivity index is -0.000000710. The molecule has 0 rings (SSSR count). The van der Waals surface area contributed by atoms with Crippen molar-refractivity contribution in [3.05, 3.63) is 0 Å². The normalized spacial score (nSPS) is 13.7. The Kier molecular flexibility index (Phi) is 15.7. The number of thiol groups is 1. The molecule has 1 atom stereocenters.